The molecule has 0 amide bonds. The average molecular weight is 802 g/mol. The number of rotatable bonds is 9. The lowest BCUT2D eigenvalue weighted by molar-refractivity contribution is 0.628. The Balaban J connectivity index is 1.14. The van der Waals surface area contributed by atoms with Crippen LogP contribution in [-0.2, 0) is 0 Å². The summed E-state index contributed by atoms with van der Waals surface area (Å²) >= 11 is 0. The van der Waals surface area contributed by atoms with Crippen molar-refractivity contribution in [2.24, 2.45) is 0 Å². The lowest BCUT2D eigenvalue weighted by Gasteiger charge is -2.18. The molecule has 294 valence electrons. The van der Waals surface area contributed by atoms with Gasteiger partial charge in [-0.2, -0.15) is 0 Å². The summed E-state index contributed by atoms with van der Waals surface area (Å²) in [6.07, 6.45) is 5.36. The Hall–Kier alpha value is -8.15. The van der Waals surface area contributed by atoms with Crippen LogP contribution in [0.4, 0.5) is 8.78 Å². The summed E-state index contributed by atoms with van der Waals surface area (Å²) in [7, 11) is 0. The topological polar surface area (TPSA) is 38.7 Å². The molecule has 10 aromatic rings. The molecule has 0 saturated carbocycles. The summed E-state index contributed by atoms with van der Waals surface area (Å²) in [5.74, 6) is -0.706. The predicted octanol–water partition coefficient (Wildman–Crippen LogP) is 15.2. The molecule has 3 aromatic heterocycles. The second-order valence-corrected chi connectivity index (χ2v) is 15.1. The molecule has 0 N–H and O–H groups in total. The highest BCUT2D eigenvalue weighted by Gasteiger charge is 2.18. The first-order chi connectivity index (χ1) is 30.5. The zero-order valence-electron chi connectivity index (χ0n) is 33.5. The van der Waals surface area contributed by atoms with E-state index in [0.29, 0.717) is 11.1 Å². The smallest absolute Gasteiger partial charge is 0.123 e. The van der Waals surface area contributed by atoms with Crippen LogP contribution < -0.4 is 0 Å². The predicted molar refractivity (Wildman–Crippen MR) is 249 cm³/mol. The zero-order chi connectivity index (χ0) is 41.8. The fraction of sp³-hybridized carbons (Fsp3) is 0. The van der Waals surface area contributed by atoms with Crippen LogP contribution >= 0.6 is 0 Å². The van der Waals surface area contributed by atoms with Gasteiger partial charge in [-0.05, 0) is 146 Å². The molecule has 0 aliphatic rings. The standard InChI is InChI=1S/C57H37F2N3/c58-47-26-28-51(39-16-22-42(23-17-39)56-12-4-7-31-61-56)53(36-47)45-33-44(50-10-2-1-9-49(50)38-14-20-41(21-15-38)55-11-3-6-30-60-55)34-46(35-45)54-37-48(59)27-29-52(54)40-18-24-43(25-19-40)57-13-5-8-32-62-57/h1-37H. The quantitative estimate of drug-likeness (QED) is 0.146. The molecule has 0 aliphatic carbocycles. The van der Waals surface area contributed by atoms with Crippen molar-refractivity contribution in [1.82, 2.24) is 15.0 Å². The van der Waals surface area contributed by atoms with E-state index in [1.807, 2.05) is 103 Å². The summed E-state index contributed by atoms with van der Waals surface area (Å²) in [4.78, 5) is 13.6. The number of hydrogen-bond donors (Lipinski definition) is 0. The number of nitrogens with zero attached hydrogens (tertiary/aromatic N) is 3. The largest absolute Gasteiger partial charge is 0.256 e. The summed E-state index contributed by atoms with van der Waals surface area (Å²) in [5, 5.41) is 0. The van der Waals surface area contributed by atoms with E-state index in [1.165, 1.54) is 12.1 Å². The van der Waals surface area contributed by atoms with Crippen molar-refractivity contribution < 1.29 is 8.78 Å². The van der Waals surface area contributed by atoms with Crippen LogP contribution in [0, 0.1) is 11.6 Å². The van der Waals surface area contributed by atoms with Gasteiger partial charge >= 0.3 is 0 Å². The van der Waals surface area contributed by atoms with Crippen LogP contribution in [0.15, 0.2) is 225 Å². The van der Waals surface area contributed by atoms with Gasteiger partial charge in [-0.25, -0.2) is 8.78 Å². The molecule has 0 spiro atoms. The molecule has 0 fully saturated rings. The van der Waals surface area contributed by atoms with Gasteiger partial charge in [0.05, 0.1) is 17.1 Å². The SMILES string of the molecule is Fc1ccc(-c2ccc(-c3ccccn3)cc2)c(-c2cc(-c3ccccc3-c3ccc(-c4ccccn4)cc3)cc(-c3cc(F)ccc3-c3ccc(-c4ccccn4)cc3)c2)c1. The molecule has 0 unspecified atom stereocenters. The van der Waals surface area contributed by atoms with Crippen molar-refractivity contribution in [2.45, 2.75) is 0 Å². The van der Waals surface area contributed by atoms with E-state index >= 15 is 8.78 Å². The number of benzene rings is 7. The molecule has 3 heterocycles. The van der Waals surface area contributed by atoms with E-state index in [9.17, 15) is 0 Å². The highest BCUT2D eigenvalue weighted by molar-refractivity contribution is 5.94. The van der Waals surface area contributed by atoms with Crippen molar-refractivity contribution in [1.29, 1.82) is 0 Å². The third kappa shape index (κ3) is 7.83. The van der Waals surface area contributed by atoms with Gasteiger partial charge in [0.25, 0.3) is 0 Å². The van der Waals surface area contributed by atoms with Gasteiger partial charge in [-0.15, -0.1) is 0 Å². The number of hydrogen-bond acceptors (Lipinski definition) is 3. The van der Waals surface area contributed by atoms with Crippen molar-refractivity contribution in [3.63, 3.8) is 0 Å². The molecular weight excluding hydrogens is 765 g/mol. The normalized spacial score (nSPS) is 11.1. The zero-order valence-corrected chi connectivity index (χ0v) is 33.5. The van der Waals surface area contributed by atoms with Crippen LogP contribution in [0.3, 0.4) is 0 Å². The van der Waals surface area contributed by atoms with Crippen molar-refractivity contribution in [2.75, 3.05) is 0 Å². The monoisotopic (exact) mass is 801 g/mol. The van der Waals surface area contributed by atoms with E-state index in [2.05, 4.69) is 93.8 Å². The van der Waals surface area contributed by atoms with Crippen LogP contribution in [-0.4, -0.2) is 15.0 Å². The minimum absolute atomic E-state index is 0.353. The molecule has 0 radical (unpaired) electrons. The molecule has 7 aromatic carbocycles. The van der Waals surface area contributed by atoms with E-state index in [0.717, 1.165) is 89.4 Å². The summed E-state index contributed by atoms with van der Waals surface area (Å²) in [5.41, 5.74) is 16.2. The third-order valence-electron chi connectivity index (χ3n) is 11.2. The molecule has 0 aliphatic heterocycles. The molecule has 5 heteroatoms. The number of aromatic nitrogens is 3. The van der Waals surface area contributed by atoms with E-state index in [1.54, 1.807) is 30.7 Å². The Labute approximate surface area is 359 Å². The average Bonchev–Trinajstić information content (AvgIpc) is 3.35. The Morgan fingerprint density at radius 1 is 0.226 bits per heavy atom. The van der Waals surface area contributed by atoms with Crippen molar-refractivity contribution in [3.05, 3.63) is 236 Å². The first kappa shape index (κ1) is 38.1. The first-order valence-electron chi connectivity index (χ1n) is 20.4. The van der Waals surface area contributed by atoms with Gasteiger partial charge in [-0.1, -0.05) is 127 Å². The second kappa shape index (κ2) is 16.8. The molecular formula is C57H37F2N3. The molecule has 3 nitrogen and oxygen atoms in total. The van der Waals surface area contributed by atoms with Gasteiger partial charge in [0.15, 0.2) is 0 Å². The van der Waals surface area contributed by atoms with Crippen molar-refractivity contribution in [3.8, 4) is 101 Å². The maximum absolute atomic E-state index is 15.5. The fourth-order valence-corrected chi connectivity index (χ4v) is 8.16. The summed E-state index contributed by atoms with van der Waals surface area (Å²) < 4.78 is 31.1. The van der Waals surface area contributed by atoms with Gasteiger partial charge in [0, 0.05) is 35.3 Å². The summed E-state index contributed by atoms with van der Waals surface area (Å²) in [6.45, 7) is 0. The molecule has 10 rings (SSSR count). The minimum Gasteiger partial charge on any atom is -0.256 e. The molecule has 0 saturated heterocycles. The van der Waals surface area contributed by atoms with E-state index < -0.39 is 0 Å². The Morgan fingerprint density at radius 3 is 0.855 bits per heavy atom. The maximum atomic E-state index is 15.5. The molecule has 0 bridgehead atoms. The van der Waals surface area contributed by atoms with Crippen molar-refractivity contribution >= 4 is 0 Å². The minimum atomic E-state index is -0.353. The van der Waals surface area contributed by atoms with E-state index in [-0.39, 0.29) is 11.6 Å². The lowest BCUT2D eigenvalue weighted by Crippen LogP contribution is -1.94. The van der Waals surface area contributed by atoms with Crippen LogP contribution in [0.1, 0.15) is 0 Å². The lowest BCUT2D eigenvalue weighted by atomic mass is 9.86. The number of pyridine rings is 3. The van der Waals surface area contributed by atoms with Crippen LogP contribution in [0.25, 0.3) is 101 Å². The molecule has 62 heavy (non-hydrogen) atoms. The third-order valence-corrected chi connectivity index (χ3v) is 11.2. The van der Waals surface area contributed by atoms with Crippen LogP contribution in [0.5, 0.6) is 0 Å². The number of halogens is 2. The Bertz CT molecular complexity index is 3000. The van der Waals surface area contributed by atoms with E-state index in [4.69, 9.17) is 0 Å². The summed E-state index contributed by atoms with van der Waals surface area (Å²) in [6, 6.07) is 66.8. The van der Waals surface area contributed by atoms with Gasteiger partial charge in [-0.3, -0.25) is 15.0 Å². The first-order valence-corrected chi connectivity index (χ1v) is 20.4. The van der Waals surface area contributed by atoms with Crippen LogP contribution in [0.2, 0.25) is 0 Å². The van der Waals surface area contributed by atoms with Gasteiger partial charge < -0.3 is 0 Å². The second-order valence-electron chi connectivity index (χ2n) is 15.1. The fourth-order valence-electron chi connectivity index (χ4n) is 8.16. The Kier molecular flexibility index (Phi) is 10.3. The van der Waals surface area contributed by atoms with Gasteiger partial charge in [0.1, 0.15) is 11.6 Å². The highest BCUT2D eigenvalue weighted by atomic mass is 19.1. The highest BCUT2D eigenvalue weighted by Crippen LogP contribution is 2.43. The Morgan fingerprint density at radius 2 is 0.516 bits per heavy atom. The molecule has 0 atom stereocenters. The van der Waals surface area contributed by atoms with Gasteiger partial charge in [0.2, 0.25) is 0 Å². The maximum Gasteiger partial charge on any atom is 0.123 e.